The van der Waals surface area contributed by atoms with Crippen LogP contribution in [0.1, 0.15) is 18.4 Å². The molecule has 0 radical (unpaired) electrons. The van der Waals surface area contributed by atoms with Crippen LogP contribution in [0.4, 0.5) is 0 Å². The second-order valence-electron chi connectivity index (χ2n) is 4.93. The summed E-state index contributed by atoms with van der Waals surface area (Å²) in [5.41, 5.74) is 6.53. The third kappa shape index (κ3) is 3.70. The van der Waals surface area contributed by atoms with Crippen molar-refractivity contribution in [1.29, 1.82) is 0 Å². The summed E-state index contributed by atoms with van der Waals surface area (Å²) in [7, 11) is 1.68. The molecule has 19 heavy (non-hydrogen) atoms. The highest BCUT2D eigenvalue weighted by molar-refractivity contribution is 9.10. The van der Waals surface area contributed by atoms with Gasteiger partial charge in [0.2, 0.25) is 5.91 Å². The van der Waals surface area contributed by atoms with Crippen molar-refractivity contribution >= 4 is 21.8 Å². The molecule has 0 aliphatic carbocycles. The van der Waals surface area contributed by atoms with Crippen molar-refractivity contribution < 1.29 is 9.53 Å². The van der Waals surface area contributed by atoms with Crippen molar-refractivity contribution in [2.45, 2.75) is 19.4 Å². The van der Waals surface area contributed by atoms with Crippen LogP contribution in [0.2, 0.25) is 0 Å². The second kappa shape index (κ2) is 6.39. The Kier molecular flexibility index (Phi) is 4.82. The Morgan fingerprint density at radius 2 is 2.37 bits per heavy atom. The average Bonchev–Trinajstić information content (AvgIpc) is 2.39. The predicted octanol–water partition coefficient (Wildman–Crippen LogP) is 2.15. The molecule has 5 heteroatoms. The molecule has 1 amide bonds. The van der Waals surface area contributed by atoms with Crippen molar-refractivity contribution in [3.8, 4) is 5.75 Å². The molecule has 1 saturated heterocycles. The quantitative estimate of drug-likeness (QED) is 0.922. The Balaban J connectivity index is 2.08. The largest absolute Gasteiger partial charge is 0.496 e. The number of carbonyl (C=O) groups excluding carboxylic acids is 1. The first kappa shape index (κ1) is 14.3. The van der Waals surface area contributed by atoms with Crippen LogP contribution in [-0.2, 0) is 11.3 Å². The summed E-state index contributed by atoms with van der Waals surface area (Å²) in [6.07, 6.45) is 1.92. The molecule has 1 fully saturated rings. The third-order valence-corrected chi connectivity index (χ3v) is 4.04. The van der Waals surface area contributed by atoms with Gasteiger partial charge in [0, 0.05) is 23.1 Å². The number of carbonyl (C=O) groups is 1. The van der Waals surface area contributed by atoms with Gasteiger partial charge in [-0.3, -0.25) is 9.69 Å². The normalized spacial score (nSPS) is 20.2. The number of hydrogen-bond acceptors (Lipinski definition) is 3. The number of ether oxygens (including phenoxy) is 1. The number of primary amides is 1. The molecule has 1 atom stereocenters. The smallest absolute Gasteiger partial charge is 0.221 e. The molecule has 4 nitrogen and oxygen atoms in total. The van der Waals surface area contributed by atoms with E-state index >= 15 is 0 Å². The van der Waals surface area contributed by atoms with Crippen LogP contribution >= 0.6 is 15.9 Å². The zero-order valence-electron chi connectivity index (χ0n) is 11.1. The van der Waals surface area contributed by atoms with E-state index in [0.717, 1.165) is 48.3 Å². The topological polar surface area (TPSA) is 55.6 Å². The number of rotatable bonds is 4. The Bertz CT molecular complexity index is 465. The summed E-state index contributed by atoms with van der Waals surface area (Å²) in [6.45, 7) is 2.52. The van der Waals surface area contributed by atoms with Gasteiger partial charge in [-0.05, 0) is 37.6 Å². The molecule has 1 aromatic rings. The second-order valence-corrected chi connectivity index (χ2v) is 5.85. The molecular formula is C14H19BrN2O2. The maximum Gasteiger partial charge on any atom is 0.221 e. The Labute approximate surface area is 122 Å². The minimum absolute atomic E-state index is 0.0214. The highest BCUT2D eigenvalue weighted by Gasteiger charge is 2.24. The fourth-order valence-electron chi connectivity index (χ4n) is 2.54. The van der Waals surface area contributed by atoms with Gasteiger partial charge in [-0.1, -0.05) is 15.9 Å². The predicted molar refractivity (Wildman–Crippen MR) is 77.9 cm³/mol. The van der Waals surface area contributed by atoms with E-state index in [2.05, 4.69) is 26.9 Å². The van der Waals surface area contributed by atoms with Crippen LogP contribution in [0, 0.1) is 5.92 Å². The summed E-state index contributed by atoms with van der Waals surface area (Å²) >= 11 is 3.48. The number of likely N-dealkylation sites (tertiary alicyclic amines) is 1. The van der Waals surface area contributed by atoms with E-state index in [0.29, 0.717) is 0 Å². The molecule has 2 rings (SSSR count). The van der Waals surface area contributed by atoms with Gasteiger partial charge in [-0.2, -0.15) is 0 Å². The fraction of sp³-hybridized carbons (Fsp3) is 0.500. The molecule has 0 unspecified atom stereocenters. The standard InChI is InChI=1S/C14H19BrN2O2/c1-19-13-5-4-12(15)7-11(13)9-17-6-2-3-10(8-17)14(16)18/h4-5,7,10H,2-3,6,8-9H2,1H3,(H2,16,18)/t10-/m0/s1. The number of amides is 1. The number of methoxy groups -OCH3 is 1. The highest BCUT2D eigenvalue weighted by Crippen LogP contribution is 2.26. The summed E-state index contributed by atoms with van der Waals surface area (Å²) in [6, 6.07) is 5.98. The van der Waals surface area contributed by atoms with Crippen LogP contribution in [-0.4, -0.2) is 31.0 Å². The molecule has 0 aromatic heterocycles. The summed E-state index contributed by atoms with van der Waals surface area (Å²) in [5, 5.41) is 0. The first-order chi connectivity index (χ1) is 9.10. The van der Waals surface area contributed by atoms with E-state index in [1.165, 1.54) is 0 Å². The molecule has 0 saturated carbocycles. The lowest BCUT2D eigenvalue weighted by Gasteiger charge is -2.31. The average molecular weight is 327 g/mol. The van der Waals surface area contributed by atoms with E-state index in [9.17, 15) is 4.79 Å². The molecule has 1 aliphatic heterocycles. The van der Waals surface area contributed by atoms with E-state index in [1.54, 1.807) is 7.11 Å². The van der Waals surface area contributed by atoms with Gasteiger partial charge >= 0.3 is 0 Å². The lowest BCUT2D eigenvalue weighted by Crippen LogP contribution is -2.40. The summed E-state index contributed by atoms with van der Waals surface area (Å²) < 4.78 is 6.41. The van der Waals surface area contributed by atoms with Crippen LogP contribution in [0.15, 0.2) is 22.7 Å². The van der Waals surface area contributed by atoms with Gasteiger partial charge in [-0.15, -0.1) is 0 Å². The number of nitrogens with zero attached hydrogens (tertiary/aromatic N) is 1. The van der Waals surface area contributed by atoms with Crippen LogP contribution < -0.4 is 10.5 Å². The van der Waals surface area contributed by atoms with E-state index in [4.69, 9.17) is 10.5 Å². The molecule has 1 aliphatic rings. The first-order valence-corrected chi connectivity index (χ1v) is 7.23. The van der Waals surface area contributed by atoms with Gasteiger partial charge in [0.1, 0.15) is 5.75 Å². The summed E-state index contributed by atoms with van der Waals surface area (Å²) in [4.78, 5) is 13.6. The van der Waals surface area contributed by atoms with Crippen LogP contribution in [0.25, 0.3) is 0 Å². The SMILES string of the molecule is COc1ccc(Br)cc1CN1CCC[C@H](C(N)=O)C1. The number of piperidine rings is 1. The molecule has 0 spiro atoms. The van der Waals surface area contributed by atoms with Crippen LogP contribution in [0.3, 0.4) is 0 Å². The third-order valence-electron chi connectivity index (χ3n) is 3.54. The van der Waals surface area contributed by atoms with Crippen molar-refractivity contribution in [3.05, 3.63) is 28.2 Å². The lowest BCUT2D eigenvalue weighted by molar-refractivity contribution is -0.123. The van der Waals surface area contributed by atoms with E-state index in [-0.39, 0.29) is 11.8 Å². The van der Waals surface area contributed by atoms with Gasteiger partial charge in [-0.25, -0.2) is 0 Å². The van der Waals surface area contributed by atoms with Crippen molar-refractivity contribution in [1.82, 2.24) is 4.90 Å². The minimum atomic E-state index is -0.189. The Hall–Kier alpha value is -1.07. The zero-order valence-corrected chi connectivity index (χ0v) is 12.6. The fourth-order valence-corrected chi connectivity index (χ4v) is 2.95. The van der Waals surface area contributed by atoms with Gasteiger partial charge < -0.3 is 10.5 Å². The number of nitrogens with two attached hydrogens (primary N) is 1. The molecular weight excluding hydrogens is 308 g/mol. The molecule has 2 N–H and O–H groups in total. The first-order valence-electron chi connectivity index (χ1n) is 6.44. The Morgan fingerprint density at radius 1 is 1.58 bits per heavy atom. The number of hydrogen-bond donors (Lipinski definition) is 1. The molecule has 0 bridgehead atoms. The Morgan fingerprint density at radius 3 is 3.05 bits per heavy atom. The van der Waals surface area contributed by atoms with Gasteiger partial charge in [0.05, 0.1) is 13.0 Å². The van der Waals surface area contributed by atoms with E-state index < -0.39 is 0 Å². The van der Waals surface area contributed by atoms with Crippen LogP contribution in [0.5, 0.6) is 5.75 Å². The van der Waals surface area contributed by atoms with Gasteiger partial charge in [0.15, 0.2) is 0 Å². The van der Waals surface area contributed by atoms with Gasteiger partial charge in [0.25, 0.3) is 0 Å². The molecule has 104 valence electrons. The minimum Gasteiger partial charge on any atom is -0.496 e. The maximum absolute atomic E-state index is 11.3. The monoisotopic (exact) mass is 326 g/mol. The molecule has 1 aromatic carbocycles. The zero-order chi connectivity index (χ0) is 13.8. The lowest BCUT2D eigenvalue weighted by atomic mass is 9.97. The van der Waals surface area contributed by atoms with Crippen molar-refractivity contribution in [3.63, 3.8) is 0 Å². The van der Waals surface area contributed by atoms with E-state index in [1.807, 2.05) is 12.1 Å². The maximum atomic E-state index is 11.3. The highest BCUT2D eigenvalue weighted by atomic mass is 79.9. The molecule has 1 heterocycles. The van der Waals surface area contributed by atoms with Crippen molar-refractivity contribution in [2.24, 2.45) is 11.7 Å². The summed E-state index contributed by atoms with van der Waals surface area (Å²) in [5.74, 6) is 0.669. The number of halogens is 1. The number of benzene rings is 1. The van der Waals surface area contributed by atoms with Crippen molar-refractivity contribution in [2.75, 3.05) is 20.2 Å².